The molecular formula is C17H15ClN2O4S. The Kier molecular flexibility index (Phi) is 4.69. The van der Waals surface area contributed by atoms with Gasteiger partial charge >= 0.3 is 0 Å². The fourth-order valence-corrected chi connectivity index (χ4v) is 3.55. The molecule has 0 saturated carbocycles. The number of oxazole rings is 1. The molecular weight excluding hydrogens is 364 g/mol. The van der Waals surface area contributed by atoms with Gasteiger partial charge in [-0.05, 0) is 30.3 Å². The van der Waals surface area contributed by atoms with Crippen LogP contribution in [-0.4, -0.2) is 20.5 Å². The van der Waals surface area contributed by atoms with Crippen molar-refractivity contribution in [2.45, 2.75) is 11.8 Å². The normalized spacial score (nSPS) is 11.3. The molecule has 0 aliphatic carbocycles. The van der Waals surface area contributed by atoms with Crippen molar-refractivity contribution in [2.75, 3.05) is 11.8 Å². The largest absolute Gasteiger partial charge is 0.495 e. The molecule has 0 radical (unpaired) electrons. The molecule has 2 aromatic carbocycles. The summed E-state index contributed by atoms with van der Waals surface area (Å²) in [6.45, 7) is 1.74. The van der Waals surface area contributed by atoms with Crippen molar-refractivity contribution in [2.24, 2.45) is 0 Å². The van der Waals surface area contributed by atoms with E-state index in [1.807, 2.05) is 0 Å². The summed E-state index contributed by atoms with van der Waals surface area (Å²) in [5.74, 6) is 1.02. The summed E-state index contributed by atoms with van der Waals surface area (Å²) in [5, 5.41) is 0.319. The molecule has 130 valence electrons. The molecule has 0 aliphatic heterocycles. The molecule has 0 saturated heterocycles. The van der Waals surface area contributed by atoms with Crippen LogP contribution in [0.5, 0.6) is 5.75 Å². The molecule has 8 heteroatoms. The highest BCUT2D eigenvalue weighted by molar-refractivity contribution is 7.92. The third kappa shape index (κ3) is 3.78. The van der Waals surface area contributed by atoms with Gasteiger partial charge < -0.3 is 9.15 Å². The maximum Gasteiger partial charge on any atom is 0.261 e. The summed E-state index contributed by atoms with van der Waals surface area (Å²) in [4.78, 5) is 4.34. The monoisotopic (exact) mass is 378 g/mol. The molecule has 0 atom stereocenters. The number of nitrogens with one attached hydrogen (secondary N) is 1. The van der Waals surface area contributed by atoms with Gasteiger partial charge in [-0.3, -0.25) is 4.72 Å². The highest BCUT2D eigenvalue weighted by atomic mass is 35.5. The first-order chi connectivity index (χ1) is 11.9. The molecule has 0 spiro atoms. The number of anilines is 1. The molecule has 25 heavy (non-hydrogen) atoms. The third-order valence-corrected chi connectivity index (χ3v) is 5.18. The Morgan fingerprint density at radius 3 is 2.44 bits per heavy atom. The molecule has 0 unspecified atom stereocenters. The molecule has 0 amide bonds. The van der Waals surface area contributed by atoms with Gasteiger partial charge in [-0.25, -0.2) is 13.4 Å². The lowest BCUT2D eigenvalue weighted by molar-refractivity contribution is 0.415. The number of methoxy groups -OCH3 is 1. The summed E-state index contributed by atoms with van der Waals surface area (Å²) in [6.07, 6.45) is 1.52. The lowest BCUT2D eigenvalue weighted by Crippen LogP contribution is -2.12. The van der Waals surface area contributed by atoms with Crippen LogP contribution in [0.1, 0.15) is 5.89 Å². The summed E-state index contributed by atoms with van der Waals surface area (Å²) < 4.78 is 37.7. The van der Waals surface area contributed by atoms with Gasteiger partial charge in [0, 0.05) is 12.5 Å². The number of benzene rings is 2. The van der Waals surface area contributed by atoms with Crippen molar-refractivity contribution in [3.8, 4) is 17.0 Å². The molecule has 0 fully saturated rings. The van der Waals surface area contributed by atoms with E-state index < -0.39 is 10.0 Å². The zero-order valence-electron chi connectivity index (χ0n) is 13.5. The van der Waals surface area contributed by atoms with Crippen LogP contribution < -0.4 is 9.46 Å². The average molecular weight is 379 g/mol. The summed E-state index contributed by atoms with van der Waals surface area (Å²) in [6, 6.07) is 11.0. The summed E-state index contributed by atoms with van der Waals surface area (Å²) in [7, 11) is -2.25. The Morgan fingerprint density at radius 1 is 1.16 bits per heavy atom. The topological polar surface area (TPSA) is 81.4 Å². The van der Waals surface area contributed by atoms with E-state index in [4.69, 9.17) is 20.8 Å². The fourth-order valence-electron chi connectivity index (χ4n) is 2.24. The van der Waals surface area contributed by atoms with Gasteiger partial charge in [0.25, 0.3) is 10.0 Å². The maximum absolute atomic E-state index is 12.5. The molecule has 0 aliphatic rings. The average Bonchev–Trinajstić information content (AvgIpc) is 3.01. The van der Waals surface area contributed by atoms with E-state index in [-0.39, 0.29) is 4.90 Å². The Labute approximate surface area is 150 Å². The minimum Gasteiger partial charge on any atom is -0.495 e. The van der Waals surface area contributed by atoms with Crippen LogP contribution in [-0.2, 0) is 10.0 Å². The Hall–Kier alpha value is -2.51. The zero-order chi connectivity index (χ0) is 18.0. The summed E-state index contributed by atoms with van der Waals surface area (Å²) in [5.41, 5.74) is 1.77. The SMILES string of the molecule is COc1ccc(NS(=O)(=O)c2ccc(-c3coc(C)n3)cc2)cc1Cl. The Morgan fingerprint density at radius 2 is 1.88 bits per heavy atom. The van der Waals surface area contributed by atoms with E-state index >= 15 is 0 Å². The maximum atomic E-state index is 12.5. The van der Waals surface area contributed by atoms with Gasteiger partial charge in [0.2, 0.25) is 0 Å². The molecule has 0 bridgehead atoms. The van der Waals surface area contributed by atoms with E-state index in [9.17, 15) is 8.42 Å². The highest BCUT2D eigenvalue weighted by Gasteiger charge is 2.15. The number of nitrogens with zero attached hydrogens (tertiary/aromatic N) is 1. The van der Waals surface area contributed by atoms with Crippen molar-refractivity contribution in [3.63, 3.8) is 0 Å². The van der Waals surface area contributed by atoms with Gasteiger partial charge in [0.05, 0.1) is 22.7 Å². The van der Waals surface area contributed by atoms with Gasteiger partial charge in [-0.2, -0.15) is 0 Å². The smallest absolute Gasteiger partial charge is 0.261 e. The van der Waals surface area contributed by atoms with Crippen LogP contribution in [0.15, 0.2) is 58.0 Å². The van der Waals surface area contributed by atoms with Crippen molar-refractivity contribution in [1.29, 1.82) is 0 Å². The quantitative estimate of drug-likeness (QED) is 0.722. The standard InChI is InChI=1S/C17H15ClN2O4S/c1-11-19-16(10-24-11)12-3-6-14(7-4-12)25(21,22)20-13-5-8-17(23-2)15(18)9-13/h3-10,20H,1-2H3. The first kappa shape index (κ1) is 17.3. The molecule has 3 rings (SSSR count). The van der Waals surface area contributed by atoms with E-state index in [1.54, 1.807) is 31.2 Å². The van der Waals surface area contributed by atoms with Crippen LogP contribution in [0, 0.1) is 6.92 Å². The second-order valence-corrected chi connectivity index (χ2v) is 7.32. The minimum atomic E-state index is -3.74. The number of ether oxygens (including phenoxy) is 1. The Bertz CT molecular complexity index is 998. The van der Waals surface area contributed by atoms with Crippen LogP contribution in [0.25, 0.3) is 11.3 Å². The van der Waals surface area contributed by atoms with Crippen molar-refractivity contribution < 1.29 is 17.6 Å². The first-order valence-corrected chi connectivity index (χ1v) is 9.14. The van der Waals surface area contributed by atoms with E-state index in [0.29, 0.717) is 28.0 Å². The predicted molar refractivity (Wildman–Crippen MR) is 95.5 cm³/mol. The van der Waals surface area contributed by atoms with Crippen LogP contribution in [0.2, 0.25) is 5.02 Å². The lowest BCUT2D eigenvalue weighted by Gasteiger charge is -2.10. The summed E-state index contributed by atoms with van der Waals surface area (Å²) >= 11 is 6.02. The van der Waals surface area contributed by atoms with Crippen LogP contribution in [0.3, 0.4) is 0 Å². The fraction of sp³-hybridized carbons (Fsp3) is 0.118. The van der Waals surface area contributed by atoms with Crippen LogP contribution in [0.4, 0.5) is 5.69 Å². The molecule has 1 heterocycles. The number of aromatic nitrogens is 1. The Balaban J connectivity index is 1.83. The second-order valence-electron chi connectivity index (χ2n) is 5.23. The molecule has 3 aromatic rings. The molecule has 1 N–H and O–H groups in total. The van der Waals surface area contributed by atoms with E-state index in [2.05, 4.69) is 9.71 Å². The number of hydrogen-bond acceptors (Lipinski definition) is 5. The minimum absolute atomic E-state index is 0.128. The molecule has 6 nitrogen and oxygen atoms in total. The van der Waals surface area contributed by atoms with E-state index in [1.165, 1.54) is 31.6 Å². The van der Waals surface area contributed by atoms with E-state index in [0.717, 1.165) is 5.56 Å². The van der Waals surface area contributed by atoms with Gasteiger partial charge in [-0.1, -0.05) is 23.7 Å². The van der Waals surface area contributed by atoms with Crippen molar-refractivity contribution in [1.82, 2.24) is 4.98 Å². The van der Waals surface area contributed by atoms with Crippen LogP contribution >= 0.6 is 11.6 Å². The number of rotatable bonds is 5. The number of sulfonamides is 1. The number of aryl methyl sites for hydroxylation is 1. The van der Waals surface area contributed by atoms with Gasteiger partial charge in [0.1, 0.15) is 17.7 Å². The molecule has 1 aromatic heterocycles. The third-order valence-electron chi connectivity index (χ3n) is 3.48. The predicted octanol–water partition coefficient (Wildman–Crippen LogP) is 4.11. The van der Waals surface area contributed by atoms with Crippen molar-refractivity contribution >= 4 is 27.3 Å². The van der Waals surface area contributed by atoms with Crippen molar-refractivity contribution in [3.05, 3.63) is 59.6 Å². The lowest BCUT2D eigenvalue weighted by atomic mass is 10.2. The highest BCUT2D eigenvalue weighted by Crippen LogP contribution is 2.28. The first-order valence-electron chi connectivity index (χ1n) is 7.28. The second kappa shape index (κ2) is 6.78. The van der Waals surface area contributed by atoms with Gasteiger partial charge in [-0.15, -0.1) is 0 Å². The number of halogens is 1. The zero-order valence-corrected chi connectivity index (χ0v) is 15.1. The number of hydrogen-bond donors (Lipinski definition) is 1. The van der Waals surface area contributed by atoms with Gasteiger partial charge in [0.15, 0.2) is 5.89 Å².